The summed E-state index contributed by atoms with van der Waals surface area (Å²) >= 11 is 0. The lowest BCUT2D eigenvalue weighted by atomic mass is 10.1. The fraction of sp³-hybridized carbons (Fsp3) is 0.133. The topological polar surface area (TPSA) is 48.0 Å². The molecule has 0 fully saturated rings. The molecule has 0 saturated heterocycles. The average Bonchev–Trinajstić information content (AvgIpc) is 2.40. The van der Waals surface area contributed by atoms with Gasteiger partial charge in [-0.3, -0.25) is 4.79 Å². The number of benzene rings is 1. The lowest BCUT2D eigenvalue weighted by Crippen LogP contribution is -2.18. The van der Waals surface area contributed by atoms with Crippen LogP contribution in [0.4, 0.5) is 0 Å². The van der Waals surface area contributed by atoms with Gasteiger partial charge in [0.25, 0.3) is 5.56 Å². The highest BCUT2D eigenvalue weighted by Gasteiger charge is 1.97. The van der Waals surface area contributed by atoms with Crippen molar-refractivity contribution in [3.63, 3.8) is 0 Å². The van der Waals surface area contributed by atoms with Gasteiger partial charge in [-0.15, -0.1) is 0 Å². The SMILES string of the molecule is NCC#Cc1cccc(Cn2ccccc2=O)c1. The van der Waals surface area contributed by atoms with Crippen molar-refractivity contribution in [2.75, 3.05) is 6.54 Å². The highest BCUT2D eigenvalue weighted by molar-refractivity contribution is 5.37. The van der Waals surface area contributed by atoms with Crippen molar-refractivity contribution in [1.29, 1.82) is 0 Å². The van der Waals surface area contributed by atoms with Gasteiger partial charge in [0, 0.05) is 17.8 Å². The minimum absolute atomic E-state index is 0.00375. The van der Waals surface area contributed by atoms with E-state index in [-0.39, 0.29) is 5.56 Å². The molecule has 0 aliphatic carbocycles. The predicted molar refractivity (Wildman–Crippen MR) is 72.2 cm³/mol. The van der Waals surface area contributed by atoms with Gasteiger partial charge in [0.05, 0.1) is 13.1 Å². The van der Waals surface area contributed by atoms with Crippen LogP contribution in [0.3, 0.4) is 0 Å². The summed E-state index contributed by atoms with van der Waals surface area (Å²) in [5.74, 6) is 5.80. The molecule has 2 aromatic rings. The van der Waals surface area contributed by atoms with Crippen LogP contribution < -0.4 is 11.3 Å². The highest BCUT2D eigenvalue weighted by Crippen LogP contribution is 2.05. The summed E-state index contributed by atoms with van der Waals surface area (Å²) in [6.07, 6.45) is 1.78. The van der Waals surface area contributed by atoms with Crippen molar-refractivity contribution in [2.45, 2.75) is 6.54 Å². The Bertz CT molecular complexity index is 647. The molecule has 0 spiro atoms. The minimum atomic E-state index is -0.00375. The van der Waals surface area contributed by atoms with Crippen LogP contribution in [0.15, 0.2) is 53.5 Å². The number of rotatable bonds is 2. The molecule has 0 unspecified atom stereocenters. The molecule has 2 N–H and O–H groups in total. The largest absolute Gasteiger partial charge is 0.320 e. The first-order valence-electron chi connectivity index (χ1n) is 5.73. The molecule has 3 nitrogen and oxygen atoms in total. The van der Waals surface area contributed by atoms with Crippen molar-refractivity contribution < 1.29 is 0 Å². The normalized spacial score (nSPS) is 9.61. The lowest BCUT2D eigenvalue weighted by Gasteiger charge is -2.05. The minimum Gasteiger partial charge on any atom is -0.320 e. The number of hydrogen-bond donors (Lipinski definition) is 1. The quantitative estimate of drug-likeness (QED) is 0.799. The standard InChI is InChI=1S/C15H14N2O/c16-9-4-7-13-5-3-6-14(11-13)12-17-10-2-1-8-15(17)18/h1-3,5-6,8,10-11H,9,12,16H2. The molecule has 0 aliphatic rings. The van der Waals surface area contributed by atoms with Crippen LogP contribution in [-0.2, 0) is 6.54 Å². The van der Waals surface area contributed by atoms with Crippen LogP contribution in [0.25, 0.3) is 0 Å². The number of nitrogens with zero attached hydrogens (tertiary/aromatic N) is 1. The van der Waals surface area contributed by atoms with Gasteiger partial charge in [0.15, 0.2) is 0 Å². The van der Waals surface area contributed by atoms with Gasteiger partial charge in [-0.05, 0) is 23.8 Å². The van der Waals surface area contributed by atoms with E-state index in [2.05, 4.69) is 11.8 Å². The third kappa shape index (κ3) is 3.09. The highest BCUT2D eigenvalue weighted by atomic mass is 16.1. The summed E-state index contributed by atoms with van der Waals surface area (Å²) in [6, 6.07) is 13.0. The van der Waals surface area contributed by atoms with Gasteiger partial charge in [-0.2, -0.15) is 0 Å². The maximum Gasteiger partial charge on any atom is 0.250 e. The second-order valence-corrected chi connectivity index (χ2v) is 3.87. The molecule has 0 saturated carbocycles. The Labute approximate surface area is 106 Å². The second-order valence-electron chi connectivity index (χ2n) is 3.87. The summed E-state index contributed by atoms with van der Waals surface area (Å²) in [5.41, 5.74) is 7.30. The zero-order valence-corrected chi connectivity index (χ0v) is 9.97. The summed E-state index contributed by atoms with van der Waals surface area (Å²) < 4.78 is 1.66. The van der Waals surface area contributed by atoms with E-state index in [1.165, 1.54) is 0 Å². The average molecular weight is 238 g/mol. The fourth-order valence-corrected chi connectivity index (χ4v) is 1.69. The molecule has 0 radical (unpaired) electrons. The molecule has 18 heavy (non-hydrogen) atoms. The van der Waals surface area contributed by atoms with Crippen LogP contribution in [0.5, 0.6) is 0 Å². The molecule has 1 aromatic carbocycles. The Hall–Kier alpha value is -2.31. The number of pyridine rings is 1. The van der Waals surface area contributed by atoms with Crippen molar-refractivity contribution in [3.05, 3.63) is 70.1 Å². The molecule has 0 atom stereocenters. The summed E-state index contributed by atoms with van der Waals surface area (Å²) in [5, 5.41) is 0. The van der Waals surface area contributed by atoms with E-state index in [9.17, 15) is 4.79 Å². The third-order valence-corrected chi connectivity index (χ3v) is 2.51. The van der Waals surface area contributed by atoms with Crippen molar-refractivity contribution in [2.24, 2.45) is 5.73 Å². The van der Waals surface area contributed by atoms with Crippen molar-refractivity contribution in [1.82, 2.24) is 4.57 Å². The Balaban J connectivity index is 2.25. The van der Waals surface area contributed by atoms with Crippen LogP contribution >= 0.6 is 0 Å². The summed E-state index contributed by atoms with van der Waals surface area (Å²) in [4.78, 5) is 11.6. The zero-order chi connectivity index (χ0) is 12.8. The van der Waals surface area contributed by atoms with Crippen LogP contribution in [0.1, 0.15) is 11.1 Å². The van der Waals surface area contributed by atoms with Gasteiger partial charge in [-0.1, -0.05) is 30.0 Å². The lowest BCUT2D eigenvalue weighted by molar-refractivity contribution is 0.759. The smallest absolute Gasteiger partial charge is 0.250 e. The molecule has 1 heterocycles. The number of aromatic nitrogens is 1. The predicted octanol–water partition coefficient (Wildman–Crippen LogP) is 1.21. The van der Waals surface area contributed by atoms with E-state index in [0.29, 0.717) is 13.1 Å². The first-order valence-corrected chi connectivity index (χ1v) is 5.73. The molecule has 0 aliphatic heterocycles. The van der Waals surface area contributed by atoms with E-state index in [1.54, 1.807) is 22.9 Å². The van der Waals surface area contributed by atoms with E-state index < -0.39 is 0 Å². The Morgan fingerprint density at radius 3 is 2.83 bits per heavy atom. The molecule has 1 aromatic heterocycles. The third-order valence-electron chi connectivity index (χ3n) is 2.51. The van der Waals surface area contributed by atoms with E-state index in [4.69, 9.17) is 5.73 Å². The number of nitrogens with two attached hydrogens (primary N) is 1. The van der Waals surface area contributed by atoms with E-state index in [0.717, 1.165) is 11.1 Å². The van der Waals surface area contributed by atoms with Gasteiger partial charge in [-0.25, -0.2) is 0 Å². The Kier molecular flexibility index (Phi) is 3.95. The zero-order valence-electron chi connectivity index (χ0n) is 9.97. The van der Waals surface area contributed by atoms with E-state index >= 15 is 0 Å². The van der Waals surface area contributed by atoms with Crippen molar-refractivity contribution >= 4 is 0 Å². The first kappa shape index (κ1) is 12.2. The molecule has 2 rings (SSSR count). The maximum absolute atomic E-state index is 11.6. The first-order chi connectivity index (χ1) is 8.79. The monoisotopic (exact) mass is 238 g/mol. The summed E-state index contributed by atoms with van der Waals surface area (Å²) in [7, 11) is 0. The fourth-order valence-electron chi connectivity index (χ4n) is 1.69. The van der Waals surface area contributed by atoms with Crippen LogP contribution in [0, 0.1) is 11.8 Å². The van der Waals surface area contributed by atoms with Gasteiger partial charge < -0.3 is 10.3 Å². The van der Waals surface area contributed by atoms with E-state index in [1.807, 2.05) is 30.3 Å². The molecular weight excluding hydrogens is 224 g/mol. The van der Waals surface area contributed by atoms with Gasteiger partial charge >= 0.3 is 0 Å². The molecule has 3 heteroatoms. The molecule has 0 bridgehead atoms. The molecule has 90 valence electrons. The maximum atomic E-state index is 11.6. The Morgan fingerprint density at radius 2 is 2.06 bits per heavy atom. The second kappa shape index (κ2) is 5.85. The number of hydrogen-bond acceptors (Lipinski definition) is 2. The van der Waals surface area contributed by atoms with Crippen LogP contribution in [-0.4, -0.2) is 11.1 Å². The van der Waals surface area contributed by atoms with Gasteiger partial charge in [0.2, 0.25) is 0 Å². The Morgan fingerprint density at radius 1 is 1.17 bits per heavy atom. The van der Waals surface area contributed by atoms with Crippen LogP contribution in [0.2, 0.25) is 0 Å². The molecular formula is C15H14N2O. The van der Waals surface area contributed by atoms with Gasteiger partial charge in [0.1, 0.15) is 0 Å². The summed E-state index contributed by atoms with van der Waals surface area (Å²) in [6.45, 7) is 0.903. The molecule has 0 amide bonds. The van der Waals surface area contributed by atoms with Crippen molar-refractivity contribution in [3.8, 4) is 11.8 Å².